The van der Waals surface area contributed by atoms with Crippen LogP contribution in [-0.4, -0.2) is 37.0 Å². The molecule has 1 atom stereocenters. The van der Waals surface area contributed by atoms with Crippen molar-refractivity contribution in [2.45, 2.75) is 12.4 Å². The summed E-state index contributed by atoms with van der Waals surface area (Å²) < 4.78 is 40.3. The molecular weight excluding hydrogens is 363 g/mol. The number of anilines is 1. The van der Waals surface area contributed by atoms with Gasteiger partial charge in [-0.2, -0.15) is 0 Å². The Bertz CT molecular complexity index is 706. The highest BCUT2D eigenvalue weighted by molar-refractivity contribution is 7.80. The van der Waals surface area contributed by atoms with Gasteiger partial charge in [-0.15, -0.1) is 13.2 Å². The molecule has 0 heterocycles. The molecule has 2 rings (SSSR count). The fourth-order valence-corrected chi connectivity index (χ4v) is 2.58. The quantitative estimate of drug-likeness (QED) is 0.732. The molecule has 0 radical (unpaired) electrons. The van der Waals surface area contributed by atoms with Gasteiger partial charge in [-0.1, -0.05) is 30.3 Å². The van der Waals surface area contributed by atoms with Gasteiger partial charge in [-0.25, -0.2) is 0 Å². The van der Waals surface area contributed by atoms with Crippen LogP contribution in [0.25, 0.3) is 0 Å². The molecule has 0 unspecified atom stereocenters. The maximum Gasteiger partial charge on any atom is 0.573 e. The molecule has 0 saturated carbocycles. The van der Waals surface area contributed by atoms with Crippen LogP contribution in [0.1, 0.15) is 11.6 Å². The van der Waals surface area contributed by atoms with E-state index in [-0.39, 0.29) is 11.8 Å². The van der Waals surface area contributed by atoms with Gasteiger partial charge in [0.1, 0.15) is 5.75 Å². The number of likely N-dealkylation sites (N-methyl/N-ethyl adjacent to an activating group) is 1. The van der Waals surface area contributed by atoms with Crippen LogP contribution in [0.4, 0.5) is 18.9 Å². The van der Waals surface area contributed by atoms with Crippen LogP contribution >= 0.6 is 12.2 Å². The average molecular weight is 383 g/mol. The Morgan fingerprint density at radius 1 is 1.08 bits per heavy atom. The molecule has 2 aromatic rings. The number of nitrogens with one attached hydrogen (secondary N) is 2. The van der Waals surface area contributed by atoms with Gasteiger partial charge < -0.3 is 20.3 Å². The molecule has 2 aromatic carbocycles. The zero-order valence-corrected chi connectivity index (χ0v) is 15.2. The molecule has 0 bridgehead atoms. The van der Waals surface area contributed by atoms with Crippen LogP contribution < -0.4 is 15.4 Å². The second-order valence-electron chi connectivity index (χ2n) is 5.80. The molecule has 0 aliphatic carbocycles. The summed E-state index contributed by atoms with van der Waals surface area (Å²) in [6.45, 7) is 0.581. The van der Waals surface area contributed by atoms with E-state index in [9.17, 15) is 13.2 Å². The van der Waals surface area contributed by atoms with Crippen molar-refractivity contribution < 1.29 is 17.9 Å². The maximum atomic E-state index is 12.2. The molecule has 2 N–H and O–H groups in total. The van der Waals surface area contributed by atoms with Crippen molar-refractivity contribution in [1.29, 1.82) is 0 Å². The average Bonchev–Trinajstić information content (AvgIpc) is 2.56. The topological polar surface area (TPSA) is 36.5 Å². The van der Waals surface area contributed by atoms with Crippen LogP contribution in [0.2, 0.25) is 0 Å². The number of alkyl halides is 3. The number of rotatable bonds is 6. The molecule has 0 amide bonds. The monoisotopic (exact) mass is 383 g/mol. The van der Waals surface area contributed by atoms with Crippen molar-refractivity contribution in [2.75, 3.05) is 26.0 Å². The van der Waals surface area contributed by atoms with E-state index >= 15 is 0 Å². The highest BCUT2D eigenvalue weighted by Crippen LogP contribution is 2.24. The van der Waals surface area contributed by atoms with Crippen LogP contribution in [-0.2, 0) is 0 Å². The minimum Gasteiger partial charge on any atom is -0.406 e. The van der Waals surface area contributed by atoms with Crippen LogP contribution in [0, 0.1) is 0 Å². The summed E-state index contributed by atoms with van der Waals surface area (Å²) in [5.74, 6) is -0.279. The highest BCUT2D eigenvalue weighted by atomic mass is 32.1. The van der Waals surface area contributed by atoms with Gasteiger partial charge in [0.2, 0.25) is 0 Å². The Kier molecular flexibility index (Phi) is 6.82. The van der Waals surface area contributed by atoms with Crippen molar-refractivity contribution in [1.82, 2.24) is 10.2 Å². The lowest BCUT2D eigenvalue weighted by Gasteiger charge is -2.25. The predicted molar refractivity (Wildman–Crippen MR) is 100 cm³/mol. The maximum absolute atomic E-state index is 12.2. The van der Waals surface area contributed by atoms with Crippen LogP contribution in [0.5, 0.6) is 5.75 Å². The number of nitrogens with zero attached hydrogens (tertiary/aromatic N) is 1. The largest absolute Gasteiger partial charge is 0.573 e. The van der Waals surface area contributed by atoms with Crippen molar-refractivity contribution in [3.05, 3.63) is 60.2 Å². The van der Waals surface area contributed by atoms with E-state index in [4.69, 9.17) is 12.2 Å². The summed E-state index contributed by atoms with van der Waals surface area (Å²) in [6.07, 6.45) is -4.70. The molecular formula is C18H20F3N3OS. The first-order valence-corrected chi connectivity index (χ1v) is 8.27. The Balaban J connectivity index is 1.89. The van der Waals surface area contributed by atoms with Crippen molar-refractivity contribution in [3.8, 4) is 5.75 Å². The Labute approximate surface area is 156 Å². The molecule has 26 heavy (non-hydrogen) atoms. The highest BCUT2D eigenvalue weighted by Gasteiger charge is 2.30. The fourth-order valence-electron chi connectivity index (χ4n) is 2.38. The van der Waals surface area contributed by atoms with E-state index in [1.54, 1.807) is 0 Å². The second kappa shape index (κ2) is 8.86. The molecule has 0 saturated heterocycles. The lowest BCUT2D eigenvalue weighted by Crippen LogP contribution is -2.36. The van der Waals surface area contributed by atoms with Gasteiger partial charge in [-0.3, -0.25) is 0 Å². The van der Waals surface area contributed by atoms with Crippen LogP contribution in [0.3, 0.4) is 0 Å². The van der Waals surface area contributed by atoms with E-state index < -0.39 is 6.36 Å². The summed E-state index contributed by atoms with van der Waals surface area (Å²) in [6, 6.07) is 15.5. The number of hydrogen-bond donors (Lipinski definition) is 2. The fraction of sp³-hybridized carbons (Fsp3) is 0.278. The molecule has 0 aliphatic heterocycles. The number of hydrogen-bond acceptors (Lipinski definition) is 3. The Morgan fingerprint density at radius 2 is 1.69 bits per heavy atom. The van der Waals surface area contributed by atoms with Crippen molar-refractivity contribution in [2.24, 2.45) is 0 Å². The summed E-state index contributed by atoms with van der Waals surface area (Å²) in [5.41, 5.74) is 1.72. The summed E-state index contributed by atoms with van der Waals surface area (Å²) in [5, 5.41) is 6.46. The van der Waals surface area contributed by atoms with E-state index in [1.165, 1.54) is 24.3 Å². The molecule has 4 nitrogen and oxygen atoms in total. The van der Waals surface area contributed by atoms with Gasteiger partial charge in [0.05, 0.1) is 6.04 Å². The zero-order chi connectivity index (χ0) is 19.2. The minimum absolute atomic E-state index is 0.124. The minimum atomic E-state index is -4.70. The van der Waals surface area contributed by atoms with Gasteiger partial charge in [-0.05, 0) is 56.1 Å². The normalized spacial score (nSPS) is 12.5. The molecule has 0 spiro atoms. The van der Waals surface area contributed by atoms with Crippen LogP contribution in [0.15, 0.2) is 54.6 Å². The van der Waals surface area contributed by atoms with E-state index in [0.29, 0.717) is 17.3 Å². The second-order valence-corrected chi connectivity index (χ2v) is 6.21. The van der Waals surface area contributed by atoms with Crippen molar-refractivity contribution in [3.63, 3.8) is 0 Å². The third-order valence-electron chi connectivity index (χ3n) is 3.61. The smallest absolute Gasteiger partial charge is 0.406 e. The first-order chi connectivity index (χ1) is 12.2. The molecule has 0 aromatic heterocycles. The van der Waals surface area contributed by atoms with E-state index in [2.05, 4.69) is 20.3 Å². The number of halogens is 3. The van der Waals surface area contributed by atoms with E-state index in [1.807, 2.05) is 44.4 Å². The third kappa shape index (κ3) is 6.53. The molecule has 0 aliphatic rings. The molecule has 140 valence electrons. The summed E-state index contributed by atoms with van der Waals surface area (Å²) in [7, 11) is 3.96. The van der Waals surface area contributed by atoms with Gasteiger partial charge in [0.25, 0.3) is 0 Å². The molecule has 8 heteroatoms. The van der Waals surface area contributed by atoms with Crippen molar-refractivity contribution >= 4 is 23.0 Å². The SMILES string of the molecule is CN(C)[C@@H](CNC(=S)Nc1ccc(OC(F)(F)F)cc1)c1ccccc1. The number of thiocarbonyl (C=S) groups is 1. The lowest BCUT2D eigenvalue weighted by molar-refractivity contribution is -0.274. The van der Waals surface area contributed by atoms with E-state index in [0.717, 1.165) is 5.56 Å². The lowest BCUT2D eigenvalue weighted by atomic mass is 10.1. The summed E-state index contributed by atoms with van der Waals surface area (Å²) >= 11 is 5.26. The molecule has 0 fully saturated rings. The van der Waals surface area contributed by atoms with Gasteiger partial charge >= 0.3 is 6.36 Å². The summed E-state index contributed by atoms with van der Waals surface area (Å²) in [4.78, 5) is 2.08. The van der Waals surface area contributed by atoms with Gasteiger partial charge in [0.15, 0.2) is 5.11 Å². The third-order valence-corrected chi connectivity index (χ3v) is 3.86. The Morgan fingerprint density at radius 3 is 2.23 bits per heavy atom. The first kappa shape index (κ1) is 20.0. The number of ether oxygens (including phenoxy) is 1. The standard InChI is InChI=1S/C18H20F3N3OS/c1-24(2)16(13-6-4-3-5-7-13)12-22-17(26)23-14-8-10-15(11-9-14)25-18(19,20)21/h3-11,16H,12H2,1-2H3,(H2,22,23,26)/t16-/m0/s1. The predicted octanol–water partition coefficient (Wildman–Crippen LogP) is 4.17. The Hall–Kier alpha value is -2.32. The first-order valence-electron chi connectivity index (χ1n) is 7.86. The zero-order valence-electron chi connectivity index (χ0n) is 14.4. The number of benzene rings is 2. The van der Waals surface area contributed by atoms with Gasteiger partial charge in [0, 0.05) is 12.2 Å².